The van der Waals surface area contributed by atoms with Gasteiger partial charge in [-0.15, -0.1) is 0 Å². The van der Waals surface area contributed by atoms with Gasteiger partial charge in [0, 0.05) is 23.8 Å². The van der Waals surface area contributed by atoms with Crippen LogP contribution in [-0.4, -0.2) is 40.6 Å². The van der Waals surface area contributed by atoms with Gasteiger partial charge in [-0.05, 0) is 20.8 Å². The predicted octanol–water partition coefficient (Wildman–Crippen LogP) is 0.533. The number of aliphatic hydroxyl groups excluding tert-OH is 1. The fraction of sp³-hybridized carbons (Fsp3) is 0.692. The van der Waals surface area contributed by atoms with Gasteiger partial charge in [-0.25, -0.2) is 0 Å². The van der Waals surface area contributed by atoms with Crippen LogP contribution in [0.4, 0.5) is 0 Å². The molecule has 0 radical (unpaired) electrons. The standard InChI is InChI=1S/C13H23N3O3/c1-9(8-17)14-7-12-10(2)15-16(11(12)3)6-5-13(18)19-4/h9,14,17H,5-8H2,1-4H3/t9-/m1/s1. The monoisotopic (exact) mass is 269 g/mol. The smallest absolute Gasteiger partial charge is 0.307 e. The van der Waals surface area contributed by atoms with Crippen molar-refractivity contribution in [3.63, 3.8) is 0 Å². The van der Waals surface area contributed by atoms with Crippen molar-refractivity contribution >= 4 is 5.97 Å². The summed E-state index contributed by atoms with van der Waals surface area (Å²) in [6.45, 7) is 7.15. The number of nitrogens with one attached hydrogen (secondary N) is 1. The number of nitrogens with zero attached hydrogens (tertiary/aromatic N) is 2. The molecule has 0 aliphatic heterocycles. The van der Waals surface area contributed by atoms with E-state index in [1.54, 1.807) is 0 Å². The normalized spacial score (nSPS) is 12.5. The fourth-order valence-electron chi connectivity index (χ4n) is 1.85. The van der Waals surface area contributed by atoms with E-state index in [9.17, 15) is 4.79 Å². The van der Waals surface area contributed by atoms with E-state index in [2.05, 4.69) is 15.2 Å². The van der Waals surface area contributed by atoms with Crippen LogP contribution in [0.2, 0.25) is 0 Å². The van der Waals surface area contributed by atoms with E-state index in [4.69, 9.17) is 5.11 Å². The SMILES string of the molecule is COC(=O)CCn1nc(C)c(CN[C@H](C)CO)c1C. The van der Waals surface area contributed by atoms with E-state index in [0.717, 1.165) is 17.0 Å². The quantitative estimate of drug-likeness (QED) is 0.706. The Hall–Kier alpha value is -1.40. The fourth-order valence-corrected chi connectivity index (χ4v) is 1.85. The molecule has 2 N–H and O–H groups in total. The van der Waals surface area contributed by atoms with Gasteiger partial charge in [-0.1, -0.05) is 0 Å². The van der Waals surface area contributed by atoms with Gasteiger partial charge in [0.25, 0.3) is 0 Å². The first-order valence-electron chi connectivity index (χ1n) is 6.43. The molecule has 0 unspecified atom stereocenters. The predicted molar refractivity (Wildman–Crippen MR) is 71.7 cm³/mol. The molecule has 1 aromatic heterocycles. The lowest BCUT2D eigenvalue weighted by atomic mass is 10.2. The van der Waals surface area contributed by atoms with E-state index in [-0.39, 0.29) is 18.6 Å². The Balaban J connectivity index is 2.68. The van der Waals surface area contributed by atoms with E-state index >= 15 is 0 Å². The highest BCUT2D eigenvalue weighted by molar-refractivity contribution is 5.68. The summed E-state index contributed by atoms with van der Waals surface area (Å²) in [5, 5.41) is 16.6. The summed E-state index contributed by atoms with van der Waals surface area (Å²) in [4.78, 5) is 11.1. The Kier molecular flexibility index (Phi) is 5.98. The lowest BCUT2D eigenvalue weighted by Crippen LogP contribution is -2.29. The summed E-state index contributed by atoms with van der Waals surface area (Å²) in [6, 6.07) is 0.0530. The van der Waals surface area contributed by atoms with Gasteiger partial charge in [0.1, 0.15) is 0 Å². The Morgan fingerprint density at radius 1 is 1.53 bits per heavy atom. The number of methoxy groups -OCH3 is 1. The van der Waals surface area contributed by atoms with Crippen molar-refractivity contribution in [3.05, 3.63) is 17.0 Å². The molecule has 19 heavy (non-hydrogen) atoms. The minimum absolute atomic E-state index is 0.0530. The topological polar surface area (TPSA) is 76.4 Å². The third-order valence-electron chi connectivity index (χ3n) is 3.19. The minimum atomic E-state index is -0.235. The molecular weight excluding hydrogens is 246 g/mol. The Bertz CT molecular complexity index is 429. The summed E-state index contributed by atoms with van der Waals surface area (Å²) in [5.74, 6) is -0.235. The Morgan fingerprint density at radius 3 is 2.79 bits per heavy atom. The summed E-state index contributed by atoms with van der Waals surface area (Å²) in [6.07, 6.45) is 0.318. The van der Waals surface area contributed by atoms with Crippen LogP contribution in [0.25, 0.3) is 0 Å². The molecule has 0 fully saturated rings. The highest BCUT2D eigenvalue weighted by atomic mass is 16.5. The van der Waals surface area contributed by atoms with Gasteiger partial charge in [0.05, 0.1) is 32.4 Å². The van der Waals surface area contributed by atoms with Crippen LogP contribution in [0.3, 0.4) is 0 Å². The van der Waals surface area contributed by atoms with Crippen molar-refractivity contribution in [3.8, 4) is 0 Å². The van der Waals surface area contributed by atoms with E-state index in [0.29, 0.717) is 19.5 Å². The van der Waals surface area contributed by atoms with Crippen molar-refractivity contribution in [2.75, 3.05) is 13.7 Å². The van der Waals surface area contributed by atoms with Crippen molar-refractivity contribution in [2.24, 2.45) is 0 Å². The first kappa shape index (κ1) is 15.7. The van der Waals surface area contributed by atoms with Crippen LogP contribution in [0, 0.1) is 13.8 Å². The molecule has 0 saturated heterocycles. The number of ether oxygens (including phenoxy) is 1. The molecule has 0 aliphatic rings. The average Bonchev–Trinajstić information content (AvgIpc) is 2.68. The summed E-state index contributed by atoms with van der Waals surface area (Å²) in [7, 11) is 1.38. The lowest BCUT2D eigenvalue weighted by Gasteiger charge is -2.11. The van der Waals surface area contributed by atoms with Crippen LogP contribution in [0.5, 0.6) is 0 Å². The molecule has 1 atom stereocenters. The zero-order valence-electron chi connectivity index (χ0n) is 12.1. The third-order valence-corrected chi connectivity index (χ3v) is 3.19. The molecule has 0 aromatic carbocycles. The number of aliphatic hydroxyl groups is 1. The molecule has 1 aromatic rings. The summed E-state index contributed by atoms with van der Waals surface area (Å²) >= 11 is 0. The van der Waals surface area contributed by atoms with Crippen LogP contribution < -0.4 is 5.32 Å². The molecule has 0 spiro atoms. The summed E-state index contributed by atoms with van der Waals surface area (Å²) < 4.78 is 6.45. The molecule has 108 valence electrons. The number of carbonyl (C=O) groups excluding carboxylic acids is 1. The van der Waals surface area contributed by atoms with Gasteiger partial charge in [-0.3, -0.25) is 9.48 Å². The number of hydrogen-bond donors (Lipinski definition) is 2. The van der Waals surface area contributed by atoms with Crippen molar-refractivity contribution in [1.82, 2.24) is 15.1 Å². The molecule has 0 amide bonds. The second kappa shape index (κ2) is 7.25. The minimum Gasteiger partial charge on any atom is -0.469 e. The maximum atomic E-state index is 11.1. The largest absolute Gasteiger partial charge is 0.469 e. The number of hydrogen-bond acceptors (Lipinski definition) is 5. The van der Waals surface area contributed by atoms with Crippen molar-refractivity contribution in [2.45, 2.75) is 46.3 Å². The van der Waals surface area contributed by atoms with E-state index < -0.39 is 0 Å². The molecule has 0 aliphatic carbocycles. The number of rotatable bonds is 7. The molecular formula is C13H23N3O3. The molecule has 6 nitrogen and oxygen atoms in total. The van der Waals surface area contributed by atoms with Gasteiger partial charge in [0.15, 0.2) is 0 Å². The summed E-state index contributed by atoms with van der Waals surface area (Å²) in [5.41, 5.74) is 3.10. The van der Waals surface area contributed by atoms with Gasteiger partial charge < -0.3 is 15.2 Å². The molecule has 1 heterocycles. The van der Waals surface area contributed by atoms with Gasteiger partial charge in [0.2, 0.25) is 0 Å². The van der Waals surface area contributed by atoms with E-state index in [1.165, 1.54) is 7.11 Å². The zero-order chi connectivity index (χ0) is 14.4. The van der Waals surface area contributed by atoms with Crippen LogP contribution in [-0.2, 0) is 22.6 Å². The Labute approximate surface area is 113 Å². The average molecular weight is 269 g/mol. The van der Waals surface area contributed by atoms with Gasteiger partial charge in [-0.2, -0.15) is 5.10 Å². The van der Waals surface area contributed by atoms with Crippen molar-refractivity contribution < 1.29 is 14.6 Å². The van der Waals surface area contributed by atoms with Crippen LogP contribution >= 0.6 is 0 Å². The molecule has 0 bridgehead atoms. The van der Waals surface area contributed by atoms with E-state index in [1.807, 2.05) is 25.5 Å². The number of carbonyl (C=O) groups is 1. The lowest BCUT2D eigenvalue weighted by molar-refractivity contribution is -0.140. The number of aromatic nitrogens is 2. The second-order valence-corrected chi connectivity index (χ2v) is 4.66. The molecule has 6 heteroatoms. The second-order valence-electron chi connectivity index (χ2n) is 4.66. The van der Waals surface area contributed by atoms with Crippen molar-refractivity contribution in [1.29, 1.82) is 0 Å². The molecule has 1 rings (SSSR count). The van der Waals surface area contributed by atoms with Crippen LogP contribution in [0.15, 0.2) is 0 Å². The maximum Gasteiger partial charge on any atom is 0.307 e. The first-order chi connectivity index (χ1) is 8.99. The first-order valence-corrected chi connectivity index (χ1v) is 6.43. The van der Waals surface area contributed by atoms with Gasteiger partial charge >= 0.3 is 5.97 Å². The molecule has 0 saturated carbocycles. The highest BCUT2D eigenvalue weighted by Gasteiger charge is 2.13. The number of esters is 1. The zero-order valence-corrected chi connectivity index (χ0v) is 12.1. The third kappa shape index (κ3) is 4.33. The number of aryl methyl sites for hydroxylation is 2. The van der Waals surface area contributed by atoms with Crippen LogP contribution in [0.1, 0.15) is 30.3 Å². The maximum absolute atomic E-state index is 11.1. The highest BCUT2D eigenvalue weighted by Crippen LogP contribution is 2.13. The Morgan fingerprint density at radius 2 is 2.21 bits per heavy atom.